The Bertz CT molecular complexity index is 1190. The van der Waals surface area contributed by atoms with Gasteiger partial charge in [-0.15, -0.1) is 0 Å². The number of unbranched alkanes of at least 4 members (excludes halogenated alkanes) is 47. The quantitative estimate of drug-likeness (QED) is 0.0261. The first-order valence-corrected chi connectivity index (χ1v) is 33.3. The lowest BCUT2D eigenvalue weighted by Crippen LogP contribution is -2.30. The van der Waals surface area contributed by atoms with Crippen LogP contribution in [-0.4, -0.2) is 37.2 Å². The van der Waals surface area contributed by atoms with E-state index in [2.05, 4.69) is 45.1 Å². The lowest BCUT2D eigenvalue weighted by atomic mass is 10.0. The molecule has 0 rings (SSSR count). The van der Waals surface area contributed by atoms with Gasteiger partial charge < -0.3 is 14.2 Å². The molecule has 0 aliphatic rings. The van der Waals surface area contributed by atoms with Crippen molar-refractivity contribution in [3.05, 3.63) is 24.3 Å². The summed E-state index contributed by atoms with van der Waals surface area (Å²) in [5.74, 6) is -0.863. The smallest absolute Gasteiger partial charge is 0.306 e. The third-order valence-corrected chi connectivity index (χ3v) is 15.2. The molecule has 1 unspecified atom stereocenters. The molecule has 0 aliphatic heterocycles. The number of ether oxygens (including phenoxy) is 3. The zero-order valence-electron chi connectivity index (χ0n) is 50.1. The van der Waals surface area contributed by atoms with Gasteiger partial charge in [0.25, 0.3) is 0 Å². The number of carbonyl (C=O) groups excluding carboxylic acids is 3. The molecule has 74 heavy (non-hydrogen) atoms. The summed E-state index contributed by atoms with van der Waals surface area (Å²) in [5, 5.41) is 0. The first-order valence-electron chi connectivity index (χ1n) is 33.3. The molecule has 0 amide bonds. The average molecular weight is 1040 g/mol. The summed E-state index contributed by atoms with van der Waals surface area (Å²) in [6.45, 7) is 6.68. The fourth-order valence-electron chi connectivity index (χ4n) is 10.1. The van der Waals surface area contributed by atoms with E-state index in [1.54, 1.807) is 0 Å². The van der Waals surface area contributed by atoms with Gasteiger partial charge in [-0.1, -0.05) is 308 Å². The minimum Gasteiger partial charge on any atom is -0.462 e. The highest BCUT2D eigenvalue weighted by Crippen LogP contribution is 2.18. The molecule has 0 bridgehead atoms. The molecular weight excluding hydrogens is 913 g/mol. The van der Waals surface area contributed by atoms with E-state index in [4.69, 9.17) is 14.2 Å². The van der Waals surface area contributed by atoms with Gasteiger partial charge in [0.15, 0.2) is 6.10 Å². The van der Waals surface area contributed by atoms with Crippen molar-refractivity contribution in [3.8, 4) is 0 Å². The number of allylic oxidation sites excluding steroid dienone is 4. The van der Waals surface area contributed by atoms with Crippen LogP contribution in [0.15, 0.2) is 24.3 Å². The second-order valence-electron chi connectivity index (χ2n) is 22.7. The third-order valence-electron chi connectivity index (χ3n) is 15.2. The summed E-state index contributed by atoms with van der Waals surface area (Å²) >= 11 is 0. The molecule has 0 aromatic heterocycles. The van der Waals surface area contributed by atoms with Crippen molar-refractivity contribution in [3.63, 3.8) is 0 Å². The summed E-state index contributed by atoms with van der Waals surface area (Å²) in [7, 11) is 0. The second kappa shape index (κ2) is 63.4. The maximum Gasteiger partial charge on any atom is 0.306 e. The van der Waals surface area contributed by atoms with Crippen LogP contribution < -0.4 is 0 Å². The predicted molar refractivity (Wildman–Crippen MR) is 321 cm³/mol. The van der Waals surface area contributed by atoms with Crippen molar-refractivity contribution in [1.82, 2.24) is 0 Å². The first kappa shape index (κ1) is 71.9. The second-order valence-corrected chi connectivity index (χ2v) is 22.7. The highest BCUT2D eigenvalue weighted by atomic mass is 16.6. The largest absolute Gasteiger partial charge is 0.462 e. The lowest BCUT2D eigenvalue weighted by molar-refractivity contribution is -0.167. The van der Waals surface area contributed by atoms with E-state index in [-0.39, 0.29) is 31.1 Å². The standard InChI is InChI=1S/C68H128O6/c1-4-7-10-13-16-19-22-25-28-29-30-31-32-33-34-35-36-37-38-41-43-46-49-52-55-58-61-67(70)73-64-65(74-68(71)62-59-56-53-50-47-44-40-27-24-21-18-15-12-9-6-3)63-72-66(69)60-57-54-51-48-45-42-39-26-23-20-17-14-11-8-5-2/h26-27,39-40,65H,4-25,28-38,41-64H2,1-3H3/b39-26-,40-27-. The van der Waals surface area contributed by atoms with Crippen molar-refractivity contribution in [1.29, 1.82) is 0 Å². The van der Waals surface area contributed by atoms with E-state index >= 15 is 0 Å². The van der Waals surface area contributed by atoms with Gasteiger partial charge in [-0.3, -0.25) is 14.4 Å². The highest BCUT2D eigenvalue weighted by molar-refractivity contribution is 5.71. The fourth-order valence-corrected chi connectivity index (χ4v) is 10.1. The molecular formula is C68H128O6. The average Bonchev–Trinajstić information content (AvgIpc) is 3.40. The molecule has 0 aromatic rings. The maximum absolute atomic E-state index is 12.9. The topological polar surface area (TPSA) is 78.9 Å². The summed E-state index contributed by atoms with van der Waals surface area (Å²) in [5.41, 5.74) is 0. The molecule has 0 fully saturated rings. The Morgan fingerprint density at radius 2 is 0.446 bits per heavy atom. The Balaban J connectivity index is 4.22. The first-order chi connectivity index (χ1) is 36.5. The molecule has 1 atom stereocenters. The molecule has 6 nitrogen and oxygen atoms in total. The Morgan fingerprint density at radius 3 is 0.676 bits per heavy atom. The van der Waals surface area contributed by atoms with Gasteiger partial charge in [0.05, 0.1) is 0 Å². The van der Waals surface area contributed by atoms with Crippen LogP contribution in [0, 0.1) is 0 Å². The van der Waals surface area contributed by atoms with Gasteiger partial charge in [-0.25, -0.2) is 0 Å². The summed E-state index contributed by atoms with van der Waals surface area (Å²) in [6, 6.07) is 0. The number of rotatable bonds is 62. The van der Waals surface area contributed by atoms with E-state index in [0.717, 1.165) is 70.6 Å². The molecule has 0 saturated heterocycles. The van der Waals surface area contributed by atoms with Crippen molar-refractivity contribution in [2.24, 2.45) is 0 Å². The van der Waals surface area contributed by atoms with E-state index in [1.807, 2.05) is 0 Å². The van der Waals surface area contributed by atoms with E-state index in [0.29, 0.717) is 19.3 Å². The highest BCUT2D eigenvalue weighted by Gasteiger charge is 2.19. The van der Waals surface area contributed by atoms with Crippen molar-refractivity contribution < 1.29 is 28.6 Å². The third kappa shape index (κ3) is 60.8. The Morgan fingerprint density at radius 1 is 0.257 bits per heavy atom. The van der Waals surface area contributed by atoms with Crippen molar-refractivity contribution >= 4 is 17.9 Å². The van der Waals surface area contributed by atoms with Crippen LogP contribution in [-0.2, 0) is 28.6 Å². The van der Waals surface area contributed by atoms with Gasteiger partial charge >= 0.3 is 17.9 Å². The molecule has 0 spiro atoms. The number of carbonyl (C=O) groups is 3. The summed E-state index contributed by atoms with van der Waals surface area (Å²) in [6.07, 6.45) is 76.3. The summed E-state index contributed by atoms with van der Waals surface area (Å²) in [4.78, 5) is 38.3. The summed E-state index contributed by atoms with van der Waals surface area (Å²) < 4.78 is 16.9. The van der Waals surface area contributed by atoms with Crippen molar-refractivity contribution in [2.45, 2.75) is 380 Å². The molecule has 0 heterocycles. The Hall–Kier alpha value is -2.11. The lowest BCUT2D eigenvalue weighted by Gasteiger charge is -2.18. The van der Waals surface area contributed by atoms with E-state index in [9.17, 15) is 14.4 Å². The molecule has 436 valence electrons. The van der Waals surface area contributed by atoms with E-state index in [1.165, 1.54) is 263 Å². The Kier molecular flexibility index (Phi) is 61.6. The minimum absolute atomic E-state index is 0.0723. The van der Waals surface area contributed by atoms with Crippen LogP contribution in [0.4, 0.5) is 0 Å². The van der Waals surface area contributed by atoms with Gasteiger partial charge in [0.2, 0.25) is 0 Å². The zero-order chi connectivity index (χ0) is 53.6. The fraction of sp³-hybridized carbons (Fsp3) is 0.897. The van der Waals surface area contributed by atoms with Gasteiger partial charge in [0.1, 0.15) is 13.2 Å². The van der Waals surface area contributed by atoms with Crippen molar-refractivity contribution in [2.75, 3.05) is 13.2 Å². The van der Waals surface area contributed by atoms with Crippen LogP contribution >= 0.6 is 0 Å². The maximum atomic E-state index is 12.9. The minimum atomic E-state index is -0.776. The molecule has 6 heteroatoms. The van der Waals surface area contributed by atoms with Crippen LogP contribution in [0.25, 0.3) is 0 Å². The van der Waals surface area contributed by atoms with E-state index < -0.39 is 6.10 Å². The number of hydrogen-bond donors (Lipinski definition) is 0. The molecule has 0 aromatic carbocycles. The predicted octanol–water partition coefficient (Wildman–Crippen LogP) is 22.6. The number of esters is 3. The molecule has 0 N–H and O–H groups in total. The Labute approximate surface area is 462 Å². The normalized spacial score (nSPS) is 12.1. The zero-order valence-corrected chi connectivity index (χ0v) is 50.1. The number of hydrogen-bond acceptors (Lipinski definition) is 6. The van der Waals surface area contributed by atoms with Crippen LogP contribution in [0.3, 0.4) is 0 Å². The molecule has 0 aliphatic carbocycles. The molecule has 0 saturated carbocycles. The molecule has 0 radical (unpaired) electrons. The monoisotopic (exact) mass is 1040 g/mol. The van der Waals surface area contributed by atoms with Gasteiger partial charge in [0, 0.05) is 19.3 Å². The van der Waals surface area contributed by atoms with Gasteiger partial charge in [-0.2, -0.15) is 0 Å². The van der Waals surface area contributed by atoms with Gasteiger partial charge in [-0.05, 0) is 70.6 Å². The van der Waals surface area contributed by atoms with Crippen LogP contribution in [0.1, 0.15) is 374 Å². The van der Waals surface area contributed by atoms with Crippen LogP contribution in [0.5, 0.6) is 0 Å². The SMILES string of the molecule is CCCCCCCC/C=C\CCCCCCCC(=O)OCC(COC(=O)CCCCCCCCCCCCCCCCCCCCCCCCCCCC)OC(=O)CCCCCCC/C=C\CCCCCCCC. The van der Waals surface area contributed by atoms with Crippen LogP contribution in [0.2, 0.25) is 0 Å².